The van der Waals surface area contributed by atoms with Crippen molar-refractivity contribution in [2.45, 2.75) is 0 Å². The van der Waals surface area contributed by atoms with Crippen LogP contribution in [0.2, 0.25) is 0 Å². The quantitative estimate of drug-likeness (QED) is 0.212. The molecule has 0 unspecified atom stereocenters. The third kappa shape index (κ3) is 3.69. The molecule has 0 amide bonds. The Bertz CT molecular complexity index is 2700. The van der Waals surface area contributed by atoms with E-state index in [0.29, 0.717) is 55.3 Å². The first-order valence-electron chi connectivity index (χ1n) is 16.8. The van der Waals surface area contributed by atoms with Gasteiger partial charge >= 0.3 is 0 Å². The second-order valence-electron chi connectivity index (χ2n) is 10.5. The molecule has 0 bridgehead atoms. The van der Waals surface area contributed by atoms with Crippen molar-refractivity contribution in [3.05, 3.63) is 152 Å². The zero-order chi connectivity index (χ0) is 33.4. The lowest BCUT2D eigenvalue weighted by atomic mass is 10.1. The molecule has 0 aliphatic rings. The minimum Gasteiger partial charge on any atom is -0.309 e. The first-order chi connectivity index (χ1) is 23.9. The van der Waals surface area contributed by atoms with Crippen LogP contribution >= 0.6 is 0 Å². The maximum absolute atomic E-state index is 9.41. The summed E-state index contributed by atoms with van der Waals surface area (Å²) in [5.74, 6) is 1.17. The van der Waals surface area contributed by atoms with Crippen LogP contribution in [0.1, 0.15) is 6.85 Å². The molecule has 0 atom stereocenters. The van der Waals surface area contributed by atoms with Crippen LogP contribution in [0.15, 0.2) is 152 Å². The van der Waals surface area contributed by atoms with E-state index >= 15 is 0 Å². The fourth-order valence-electron chi connectivity index (χ4n) is 6.08. The largest absolute Gasteiger partial charge is 0.309 e. The van der Waals surface area contributed by atoms with Crippen LogP contribution in [0.25, 0.3) is 78.0 Å². The van der Waals surface area contributed by atoms with Crippen molar-refractivity contribution in [3.63, 3.8) is 0 Å². The molecule has 0 aliphatic heterocycles. The van der Waals surface area contributed by atoms with Crippen molar-refractivity contribution in [3.8, 4) is 34.4 Å². The van der Waals surface area contributed by atoms with E-state index in [1.54, 1.807) is 18.2 Å². The van der Waals surface area contributed by atoms with Gasteiger partial charge in [-0.3, -0.25) is 4.57 Å². The third-order valence-corrected chi connectivity index (χ3v) is 7.99. The monoisotopic (exact) mass is 568 g/mol. The summed E-state index contributed by atoms with van der Waals surface area (Å²) in [6.07, 6.45) is 0. The average molecular weight is 569 g/mol. The number of hydrogen-bond acceptors (Lipinski definition) is 3. The maximum atomic E-state index is 9.41. The molecule has 0 saturated heterocycles. The van der Waals surface area contributed by atoms with Crippen molar-refractivity contribution in [2.75, 3.05) is 0 Å². The van der Waals surface area contributed by atoms with E-state index in [-0.39, 0.29) is 36.2 Å². The molecule has 0 saturated carbocycles. The van der Waals surface area contributed by atoms with Crippen LogP contribution in [0.4, 0.5) is 0 Å². The normalized spacial score (nSPS) is 13.2. The fourth-order valence-corrected chi connectivity index (χ4v) is 6.08. The summed E-state index contributed by atoms with van der Waals surface area (Å²) in [5.41, 5.74) is 4.57. The van der Waals surface area contributed by atoms with E-state index in [0.717, 1.165) is 16.8 Å². The summed E-state index contributed by atoms with van der Waals surface area (Å²) < 4.78 is 48.6. The van der Waals surface area contributed by atoms with Crippen LogP contribution < -0.4 is 0 Å². The van der Waals surface area contributed by atoms with Crippen molar-refractivity contribution in [1.82, 2.24) is 24.1 Å². The lowest BCUT2D eigenvalue weighted by Crippen LogP contribution is -2.06. The summed E-state index contributed by atoms with van der Waals surface area (Å²) in [6.45, 7) is 0. The molecular formula is C39H25N5. The van der Waals surface area contributed by atoms with Crippen LogP contribution in [-0.2, 0) is 0 Å². The highest BCUT2D eigenvalue weighted by molar-refractivity contribution is 6.26. The Labute approximate surface area is 260 Å². The number of hydrogen-bond donors (Lipinski definition) is 0. The predicted octanol–water partition coefficient (Wildman–Crippen LogP) is 9.40. The second-order valence-corrected chi connectivity index (χ2v) is 10.5. The molecule has 0 spiro atoms. The highest BCUT2D eigenvalue weighted by Gasteiger charge is 2.22. The van der Waals surface area contributed by atoms with Crippen molar-refractivity contribution in [2.24, 2.45) is 0 Å². The number of rotatable bonds is 4. The van der Waals surface area contributed by atoms with Crippen LogP contribution in [0.5, 0.6) is 0 Å². The SMILES string of the molecule is [2H]c1cc([2H])c2c(c1)c1c(c([2H])cc3c4cc([2H])cc([2H])c4n(-c4nc(-c5ccccc5)nc(-c5ccccc5)n4)c31)n2-c1ccccc1. The lowest BCUT2D eigenvalue weighted by molar-refractivity contribution is 0.955. The Balaban J connectivity index is 1.53. The molecular weight excluding hydrogens is 538 g/mol. The zero-order valence-corrected chi connectivity index (χ0v) is 23.3. The summed E-state index contributed by atoms with van der Waals surface area (Å²) in [5, 5.41) is 2.51. The van der Waals surface area contributed by atoms with Crippen molar-refractivity contribution in [1.29, 1.82) is 0 Å². The maximum Gasteiger partial charge on any atom is 0.238 e. The van der Waals surface area contributed by atoms with Gasteiger partial charge in [-0.05, 0) is 30.3 Å². The molecule has 9 rings (SSSR count). The molecule has 0 aliphatic carbocycles. The molecule has 0 fully saturated rings. The number of para-hydroxylation sites is 3. The van der Waals surface area contributed by atoms with Gasteiger partial charge in [0.25, 0.3) is 0 Å². The number of aromatic nitrogens is 5. The van der Waals surface area contributed by atoms with Crippen molar-refractivity contribution < 1.29 is 6.85 Å². The Morgan fingerprint density at radius 1 is 0.455 bits per heavy atom. The lowest BCUT2D eigenvalue weighted by Gasteiger charge is -2.11. The van der Waals surface area contributed by atoms with Gasteiger partial charge in [0.05, 0.1) is 28.9 Å². The molecule has 44 heavy (non-hydrogen) atoms. The van der Waals surface area contributed by atoms with E-state index in [1.165, 1.54) is 12.1 Å². The van der Waals surface area contributed by atoms with E-state index in [4.69, 9.17) is 19.1 Å². The molecule has 3 heterocycles. The standard InChI is InChI=1S/C39H25N5/c1-4-14-26(15-5-1)37-40-38(27-16-6-2-7-17-27)42-39(41-37)44-32-22-12-10-20-29(32)30-24-25-34-35(36(30)44)31-21-11-13-23-33(31)43(34)28-18-8-3-9-19-28/h1-25H/i10D,11D,22D,23D,25D. The minimum atomic E-state index is 0.107. The summed E-state index contributed by atoms with van der Waals surface area (Å²) >= 11 is 0. The topological polar surface area (TPSA) is 48.5 Å². The molecule has 0 radical (unpaired) electrons. The third-order valence-electron chi connectivity index (χ3n) is 7.99. The molecule has 5 nitrogen and oxygen atoms in total. The van der Waals surface area contributed by atoms with Gasteiger partial charge in [0.2, 0.25) is 5.95 Å². The van der Waals surface area contributed by atoms with Gasteiger partial charge in [0, 0.05) is 38.4 Å². The smallest absolute Gasteiger partial charge is 0.238 e. The van der Waals surface area contributed by atoms with E-state index < -0.39 is 0 Å². The predicted molar refractivity (Wildman–Crippen MR) is 179 cm³/mol. The zero-order valence-electron chi connectivity index (χ0n) is 28.3. The van der Waals surface area contributed by atoms with Gasteiger partial charge in [-0.25, -0.2) is 4.98 Å². The van der Waals surface area contributed by atoms with Crippen molar-refractivity contribution >= 4 is 43.6 Å². The van der Waals surface area contributed by atoms with E-state index in [9.17, 15) is 2.74 Å². The van der Waals surface area contributed by atoms with Gasteiger partial charge in [0.15, 0.2) is 11.6 Å². The van der Waals surface area contributed by atoms with Crippen LogP contribution in [-0.4, -0.2) is 24.1 Å². The molecule has 206 valence electrons. The fraction of sp³-hybridized carbons (Fsp3) is 0. The number of fused-ring (bicyclic) bond motifs is 7. The Morgan fingerprint density at radius 3 is 1.66 bits per heavy atom. The number of benzene rings is 6. The van der Waals surface area contributed by atoms with Gasteiger partial charge in [-0.1, -0.05) is 121 Å². The molecule has 5 heteroatoms. The Morgan fingerprint density at radius 2 is 1.02 bits per heavy atom. The average Bonchev–Trinajstić information content (AvgIpc) is 3.63. The number of nitrogens with zero attached hydrogens (tertiary/aromatic N) is 5. The minimum absolute atomic E-state index is 0.107. The van der Waals surface area contributed by atoms with Crippen LogP contribution in [0, 0.1) is 0 Å². The second kappa shape index (κ2) is 9.75. The van der Waals surface area contributed by atoms with E-state index in [1.807, 2.05) is 100 Å². The van der Waals surface area contributed by atoms with E-state index in [2.05, 4.69) is 0 Å². The van der Waals surface area contributed by atoms with Gasteiger partial charge < -0.3 is 4.57 Å². The molecule has 3 aromatic heterocycles. The summed E-state index contributed by atoms with van der Waals surface area (Å²) in [6, 6.07) is 37.9. The molecule has 9 aromatic rings. The molecule has 0 N–H and O–H groups in total. The Hall–Kier alpha value is -6.07. The summed E-state index contributed by atoms with van der Waals surface area (Å²) in [7, 11) is 0. The van der Waals surface area contributed by atoms with Gasteiger partial charge in [-0.2, -0.15) is 9.97 Å². The first kappa shape index (κ1) is 19.9. The first-order valence-corrected chi connectivity index (χ1v) is 14.3. The van der Waals surface area contributed by atoms with Crippen LogP contribution in [0.3, 0.4) is 0 Å². The summed E-state index contributed by atoms with van der Waals surface area (Å²) in [4.78, 5) is 14.9. The highest BCUT2D eigenvalue weighted by Crippen LogP contribution is 2.41. The molecule has 6 aromatic carbocycles. The van der Waals surface area contributed by atoms with Gasteiger partial charge in [0.1, 0.15) is 0 Å². The van der Waals surface area contributed by atoms with Gasteiger partial charge in [-0.15, -0.1) is 0 Å². The highest BCUT2D eigenvalue weighted by atomic mass is 15.2. The Kier molecular flexibility index (Phi) is 4.42.